The van der Waals surface area contributed by atoms with Crippen molar-refractivity contribution in [1.29, 1.82) is 0 Å². The van der Waals surface area contributed by atoms with Gasteiger partial charge in [-0.15, -0.1) is 0 Å². The van der Waals surface area contributed by atoms with Gasteiger partial charge in [-0.05, 0) is 23.8 Å². The number of halogens is 1. The summed E-state index contributed by atoms with van der Waals surface area (Å²) in [7, 11) is 0. The van der Waals surface area contributed by atoms with Crippen molar-refractivity contribution in [2.24, 2.45) is 5.73 Å². The number of rotatable bonds is 2. The van der Waals surface area contributed by atoms with Crippen LogP contribution >= 0.6 is 23.8 Å². The number of para-hydroxylation sites is 1. The molecule has 0 aliphatic heterocycles. The summed E-state index contributed by atoms with van der Waals surface area (Å²) in [5.41, 5.74) is 8.29. The van der Waals surface area contributed by atoms with E-state index in [9.17, 15) is 0 Å². The van der Waals surface area contributed by atoms with Crippen LogP contribution in [0, 0.1) is 0 Å². The molecule has 86 valence electrons. The van der Waals surface area contributed by atoms with Crippen molar-refractivity contribution in [3.63, 3.8) is 0 Å². The Hall–Kier alpha value is -1.58. The average Bonchev–Trinajstić information content (AvgIpc) is 2.32. The van der Waals surface area contributed by atoms with Crippen LogP contribution in [0.3, 0.4) is 0 Å². The molecule has 17 heavy (non-hydrogen) atoms. The highest BCUT2D eigenvalue weighted by Crippen LogP contribution is 2.33. The third kappa shape index (κ3) is 2.75. The van der Waals surface area contributed by atoms with Gasteiger partial charge in [0.25, 0.3) is 0 Å². The third-order valence-electron chi connectivity index (χ3n) is 2.35. The largest absolute Gasteiger partial charge is 0.376 e. The number of thiocarbonyl (C=S) groups is 1. The molecule has 0 heterocycles. The molecule has 0 amide bonds. The normalized spacial score (nSPS) is 9.94. The van der Waals surface area contributed by atoms with Crippen molar-refractivity contribution < 1.29 is 0 Å². The Kier molecular flexibility index (Phi) is 3.61. The van der Waals surface area contributed by atoms with Crippen LogP contribution in [-0.4, -0.2) is 5.11 Å². The molecule has 0 bridgehead atoms. The van der Waals surface area contributed by atoms with Crippen molar-refractivity contribution in [3.8, 4) is 11.1 Å². The van der Waals surface area contributed by atoms with Gasteiger partial charge >= 0.3 is 0 Å². The lowest BCUT2D eigenvalue weighted by Gasteiger charge is -2.12. The number of benzene rings is 2. The van der Waals surface area contributed by atoms with Gasteiger partial charge in [-0.1, -0.05) is 54.1 Å². The fraction of sp³-hybridized carbons (Fsp3) is 0. The molecule has 0 saturated heterocycles. The summed E-state index contributed by atoms with van der Waals surface area (Å²) in [5, 5.41) is 3.72. The maximum absolute atomic E-state index is 6.15. The second-order valence-electron chi connectivity index (χ2n) is 3.52. The van der Waals surface area contributed by atoms with E-state index in [1.807, 2.05) is 42.5 Å². The minimum Gasteiger partial charge on any atom is -0.376 e. The number of nitrogens with two attached hydrogens (primary N) is 1. The topological polar surface area (TPSA) is 38.0 Å². The second-order valence-corrected chi connectivity index (χ2v) is 4.36. The highest BCUT2D eigenvalue weighted by atomic mass is 35.5. The molecule has 3 N–H and O–H groups in total. The molecule has 2 rings (SSSR count). The minimum absolute atomic E-state index is 0.204. The smallest absolute Gasteiger partial charge is 0.168 e. The molecular formula is C13H11ClN2S. The maximum atomic E-state index is 6.15. The third-order valence-corrected chi connectivity index (χ3v) is 2.76. The summed E-state index contributed by atoms with van der Waals surface area (Å²) in [4.78, 5) is 0. The van der Waals surface area contributed by atoms with Crippen LogP contribution < -0.4 is 11.1 Å². The van der Waals surface area contributed by atoms with Gasteiger partial charge in [0.1, 0.15) is 0 Å². The maximum Gasteiger partial charge on any atom is 0.168 e. The summed E-state index contributed by atoms with van der Waals surface area (Å²) < 4.78 is 0. The fourth-order valence-electron chi connectivity index (χ4n) is 1.63. The zero-order chi connectivity index (χ0) is 12.3. The second kappa shape index (κ2) is 5.17. The van der Waals surface area contributed by atoms with Crippen molar-refractivity contribution in [2.45, 2.75) is 0 Å². The van der Waals surface area contributed by atoms with Gasteiger partial charge in [0.05, 0.1) is 10.7 Å². The van der Waals surface area contributed by atoms with E-state index in [1.54, 1.807) is 6.07 Å². The first-order valence-corrected chi connectivity index (χ1v) is 5.87. The predicted molar refractivity (Wildman–Crippen MR) is 77.3 cm³/mol. The van der Waals surface area contributed by atoms with E-state index in [0.717, 1.165) is 16.8 Å². The zero-order valence-electron chi connectivity index (χ0n) is 8.98. The van der Waals surface area contributed by atoms with E-state index in [1.165, 1.54) is 0 Å². The lowest BCUT2D eigenvalue weighted by molar-refractivity contribution is 1.57. The van der Waals surface area contributed by atoms with Crippen LogP contribution in [0.2, 0.25) is 5.02 Å². The number of hydrogen-bond donors (Lipinski definition) is 2. The lowest BCUT2D eigenvalue weighted by atomic mass is 10.0. The molecule has 2 aromatic rings. The molecule has 0 unspecified atom stereocenters. The van der Waals surface area contributed by atoms with Gasteiger partial charge in [0, 0.05) is 5.56 Å². The fourth-order valence-corrected chi connectivity index (χ4v) is 1.96. The van der Waals surface area contributed by atoms with Gasteiger partial charge in [-0.2, -0.15) is 0 Å². The Morgan fingerprint density at radius 2 is 1.76 bits per heavy atom. The lowest BCUT2D eigenvalue weighted by Crippen LogP contribution is -2.19. The molecule has 0 saturated carbocycles. The molecule has 0 fully saturated rings. The van der Waals surface area contributed by atoms with Gasteiger partial charge in [-0.25, -0.2) is 0 Å². The van der Waals surface area contributed by atoms with Crippen LogP contribution in [0.15, 0.2) is 48.5 Å². The molecule has 0 aromatic heterocycles. The van der Waals surface area contributed by atoms with E-state index >= 15 is 0 Å². The summed E-state index contributed by atoms with van der Waals surface area (Å²) in [6.45, 7) is 0. The number of nitrogens with one attached hydrogen (secondary N) is 1. The number of anilines is 1. The summed E-state index contributed by atoms with van der Waals surface area (Å²) in [6.07, 6.45) is 0. The average molecular weight is 263 g/mol. The summed E-state index contributed by atoms with van der Waals surface area (Å²) in [5.74, 6) is 0. The first-order chi connectivity index (χ1) is 8.18. The van der Waals surface area contributed by atoms with E-state index in [4.69, 9.17) is 29.6 Å². The Labute approximate surface area is 110 Å². The minimum atomic E-state index is 0.204. The molecule has 2 nitrogen and oxygen atoms in total. The van der Waals surface area contributed by atoms with Gasteiger partial charge < -0.3 is 11.1 Å². The molecule has 0 atom stereocenters. The standard InChI is InChI=1S/C13H11ClN2S/c14-11-8-4-7-10(12(11)16-13(15)17)9-5-2-1-3-6-9/h1-8H,(H3,15,16,17). The van der Waals surface area contributed by atoms with E-state index in [-0.39, 0.29) is 5.11 Å². The quantitative estimate of drug-likeness (QED) is 0.811. The highest BCUT2D eigenvalue weighted by molar-refractivity contribution is 7.80. The van der Waals surface area contributed by atoms with Gasteiger partial charge in [0.2, 0.25) is 0 Å². The van der Waals surface area contributed by atoms with Crippen LogP contribution in [0.25, 0.3) is 11.1 Å². The van der Waals surface area contributed by atoms with Crippen molar-refractivity contribution in [3.05, 3.63) is 53.6 Å². The first-order valence-electron chi connectivity index (χ1n) is 5.09. The van der Waals surface area contributed by atoms with Crippen LogP contribution in [-0.2, 0) is 0 Å². The predicted octanol–water partition coefficient (Wildman–Crippen LogP) is 3.66. The molecule has 0 spiro atoms. The molecule has 4 heteroatoms. The summed E-state index contributed by atoms with van der Waals surface area (Å²) in [6, 6.07) is 15.6. The van der Waals surface area contributed by atoms with E-state index in [0.29, 0.717) is 5.02 Å². The number of hydrogen-bond acceptors (Lipinski definition) is 1. The SMILES string of the molecule is NC(=S)Nc1c(Cl)cccc1-c1ccccc1. The van der Waals surface area contributed by atoms with Crippen LogP contribution in [0.5, 0.6) is 0 Å². The summed E-state index contributed by atoms with van der Waals surface area (Å²) >= 11 is 11.0. The van der Waals surface area contributed by atoms with Crippen LogP contribution in [0.4, 0.5) is 5.69 Å². The Bertz CT molecular complexity index is 540. The molecule has 0 aliphatic carbocycles. The van der Waals surface area contributed by atoms with Gasteiger partial charge in [-0.3, -0.25) is 0 Å². The molecular weight excluding hydrogens is 252 g/mol. The Morgan fingerprint density at radius 1 is 1.06 bits per heavy atom. The highest BCUT2D eigenvalue weighted by Gasteiger charge is 2.08. The van der Waals surface area contributed by atoms with E-state index in [2.05, 4.69) is 5.32 Å². The van der Waals surface area contributed by atoms with Crippen molar-refractivity contribution >= 4 is 34.6 Å². The van der Waals surface area contributed by atoms with Crippen molar-refractivity contribution in [2.75, 3.05) is 5.32 Å². The molecule has 0 aliphatic rings. The monoisotopic (exact) mass is 262 g/mol. The van der Waals surface area contributed by atoms with Crippen LogP contribution in [0.1, 0.15) is 0 Å². The Morgan fingerprint density at radius 3 is 2.41 bits per heavy atom. The van der Waals surface area contributed by atoms with E-state index < -0.39 is 0 Å². The first kappa shape index (κ1) is 11.9. The molecule has 0 radical (unpaired) electrons. The van der Waals surface area contributed by atoms with Gasteiger partial charge in [0.15, 0.2) is 5.11 Å². The Balaban J connectivity index is 2.54. The van der Waals surface area contributed by atoms with Crippen molar-refractivity contribution in [1.82, 2.24) is 0 Å². The molecule has 2 aromatic carbocycles. The zero-order valence-corrected chi connectivity index (χ0v) is 10.6.